The Kier molecular flexibility index (Phi) is 3.18. The second-order valence-electron chi connectivity index (χ2n) is 3.61. The Bertz CT molecular complexity index is 259. The first-order chi connectivity index (χ1) is 6.11. The lowest BCUT2D eigenvalue weighted by Crippen LogP contribution is -2.17. The number of allylic oxidation sites excluding steroid dienone is 2. The van der Waals surface area contributed by atoms with Gasteiger partial charge < -0.3 is 4.90 Å². The Morgan fingerprint density at radius 2 is 2.00 bits per heavy atom. The molecule has 72 valence electrons. The van der Waals surface area contributed by atoms with E-state index < -0.39 is 0 Å². The first kappa shape index (κ1) is 9.90. The predicted molar refractivity (Wildman–Crippen MR) is 56.7 cm³/mol. The molecule has 1 aliphatic rings. The first-order valence-corrected chi connectivity index (χ1v) is 4.57. The van der Waals surface area contributed by atoms with Crippen LogP contribution in [-0.4, -0.2) is 37.3 Å². The molecule has 2 nitrogen and oxygen atoms in total. The van der Waals surface area contributed by atoms with Gasteiger partial charge in [-0.25, -0.2) is 0 Å². The molecule has 0 radical (unpaired) electrons. The van der Waals surface area contributed by atoms with E-state index in [4.69, 9.17) is 0 Å². The van der Waals surface area contributed by atoms with Crippen LogP contribution in [-0.2, 0) is 0 Å². The molecule has 1 aliphatic carbocycles. The fourth-order valence-electron chi connectivity index (χ4n) is 1.48. The highest BCUT2D eigenvalue weighted by molar-refractivity contribution is 5.36. The van der Waals surface area contributed by atoms with Crippen molar-refractivity contribution in [1.82, 2.24) is 4.90 Å². The van der Waals surface area contributed by atoms with Crippen LogP contribution in [0.15, 0.2) is 23.4 Å². The van der Waals surface area contributed by atoms with Crippen LogP contribution in [0.4, 0.5) is 0 Å². The summed E-state index contributed by atoms with van der Waals surface area (Å²) in [5, 5.41) is 0. The van der Waals surface area contributed by atoms with E-state index in [1.807, 2.05) is 11.6 Å². The maximum absolute atomic E-state index is 3.82. The monoisotopic (exact) mass is 178 g/mol. The number of hydrogen-bond acceptors (Lipinski definition) is 1. The van der Waals surface area contributed by atoms with Gasteiger partial charge in [-0.2, -0.15) is 0 Å². The van der Waals surface area contributed by atoms with Crippen molar-refractivity contribution in [2.45, 2.75) is 12.8 Å². The molecule has 0 N–H and O–H groups in total. The zero-order valence-electron chi connectivity index (χ0n) is 8.75. The molecule has 13 heavy (non-hydrogen) atoms. The Morgan fingerprint density at radius 1 is 1.38 bits per heavy atom. The number of nitrogens with zero attached hydrogens (tertiary/aromatic N) is 2. The summed E-state index contributed by atoms with van der Waals surface area (Å²) in [4.78, 5) is 2.14. The summed E-state index contributed by atoms with van der Waals surface area (Å²) in [5.74, 6) is 0. The third kappa shape index (κ3) is 2.65. The molecule has 0 saturated heterocycles. The van der Waals surface area contributed by atoms with E-state index in [1.54, 1.807) is 0 Å². The molecule has 0 aliphatic heterocycles. The van der Waals surface area contributed by atoms with Gasteiger partial charge in [0, 0.05) is 0 Å². The van der Waals surface area contributed by atoms with Gasteiger partial charge in [-0.3, -0.25) is 4.58 Å². The summed E-state index contributed by atoms with van der Waals surface area (Å²) in [6, 6.07) is 0. The number of rotatable bonds is 3. The zero-order valence-corrected chi connectivity index (χ0v) is 8.75. The van der Waals surface area contributed by atoms with Crippen molar-refractivity contribution in [3.63, 3.8) is 0 Å². The van der Waals surface area contributed by atoms with E-state index in [-0.39, 0.29) is 0 Å². The summed E-state index contributed by atoms with van der Waals surface area (Å²) in [5.41, 5.74) is 2.57. The fraction of sp³-hybridized carbons (Fsp3) is 0.455. The van der Waals surface area contributed by atoms with Crippen LogP contribution < -0.4 is 0 Å². The van der Waals surface area contributed by atoms with Gasteiger partial charge in [0.15, 0.2) is 0 Å². The van der Waals surface area contributed by atoms with Gasteiger partial charge in [-0.05, 0) is 26.2 Å². The molecule has 0 aromatic carbocycles. The highest BCUT2D eigenvalue weighted by Gasteiger charge is 2.06. The van der Waals surface area contributed by atoms with E-state index in [9.17, 15) is 0 Å². The van der Waals surface area contributed by atoms with Crippen LogP contribution in [0.25, 0.3) is 0 Å². The summed E-state index contributed by atoms with van der Waals surface area (Å²) >= 11 is 0. The molecular formula is C11H18N2. The van der Waals surface area contributed by atoms with E-state index in [0.717, 1.165) is 12.8 Å². The van der Waals surface area contributed by atoms with Gasteiger partial charge in [0.05, 0.1) is 13.3 Å². The van der Waals surface area contributed by atoms with Crippen LogP contribution >= 0.6 is 0 Å². The minimum Gasteiger partial charge on any atom is -0.415 e. The minimum absolute atomic E-state index is 1.14. The van der Waals surface area contributed by atoms with Crippen molar-refractivity contribution in [3.8, 4) is 0 Å². The average Bonchev–Trinajstić information content (AvgIpc) is 2.03. The van der Waals surface area contributed by atoms with Gasteiger partial charge in [0.1, 0.15) is 7.05 Å². The summed E-state index contributed by atoms with van der Waals surface area (Å²) in [6.07, 6.45) is 6.81. The number of hydrogen-bond donors (Lipinski definition) is 0. The molecule has 0 fully saturated rings. The quantitative estimate of drug-likeness (QED) is 0.362. The first-order valence-electron chi connectivity index (χ1n) is 4.57. The molecule has 0 unspecified atom stereocenters. The van der Waals surface area contributed by atoms with Crippen molar-refractivity contribution < 1.29 is 4.58 Å². The van der Waals surface area contributed by atoms with Gasteiger partial charge >= 0.3 is 0 Å². The fourth-order valence-corrected chi connectivity index (χ4v) is 1.48. The standard InChI is InChI=1S/C11H18N2/c1-12(2)9-10-7-5-6-8-11(10)13(3)4/h7-9H,1,5-6H2,2-4H3. The average molecular weight is 178 g/mol. The van der Waals surface area contributed by atoms with Crippen molar-refractivity contribution in [2.75, 3.05) is 21.1 Å². The lowest BCUT2D eigenvalue weighted by molar-refractivity contribution is -0.439. The maximum atomic E-state index is 3.82. The zero-order chi connectivity index (χ0) is 9.84. The van der Waals surface area contributed by atoms with Crippen LogP contribution in [0.5, 0.6) is 0 Å². The largest absolute Gasteiger partial charge is 0.415 e. The van der Waals surface area contributed by atoms with Crippen LogP contribution in [0.2, 0.25) is 0 Å². The van der Waals surface area contributed by atoms with Gasteiger partial charge in [0.25, 0.3) is 0 Å². The molecule has 0 saturated carbocycles. The molecular weight excluding hydrogens is 160 g/mol. The normalized spacial score (nSPS) is 15.9. The van der Waals surface area contributed by atoms with Crippen LogP contribution in [0, 0.1) is 6.54 Å². The predicted octanol–water partition coefficient (Wildman–Crippen LogP) is 1.66. The van der Waals surface area contributed by atoms with E-state index in [2.05, 4.69) is 44.4 Å². The molecule has 0 spiro atoms. The molecule has 2 heteroatoms. The highest BCUT2D eigenvalue weighted by Crippen LogP contribution is 2.22. The van der Waals surface area contributed by atoms with E-state index in [1.165, 1.54) is 11.3 Å². The lowest BCUT2D eigenvalue weighted by atomic mass is 10.0. The second-order valence-corrected chi connectivity index (χ2v) is 3.61. The maximum Gasteiger partial charge on any atom is 0.120 e. The molecule has 0 atom stereocenters. The molecule has 0 aromatic heterocycles. The van der Waals surface area contributed by atoms with Gasteiger partial charge in [-0.1, -0.05) is 12.0 Å². The van der Waals surface area contributed by atoms with Crippen molar-refractivity contribution in [2.24, 2.45) is 0 Å². The summed E-state index contributed by atoms with van der Waals surface area (Å²) in [7, 11) is 6.09. The van der Waals surface area contributed by atoms with Crippen LogP contribution in [0.1, 0.15) is 12.8 Å². The molecule has 0 heterocycles. The van der Waals surface area contributed by atoms with Gasteiger partial charge in [0.2, 0.25) is 0 Å². The highest BCUT2D eigenvalue weighted by atomic mass is 15.1. The Labute approximate surface area is 80.9 Å². The number of likely N-dealkylation sites (N-methyl/N-ethyl adjacent to an activating group) is 2. The molecule has 0 bridgehead atoms. The summed E-state index contributed by atoms with van der Waals surface area (Å²) in [6.45, 7) is 5.88. The van der Waals surface area contributed by atoms with Crippen molar-refractivity contribution in [1.29, 1.82) is 0 Å². The topological polar surface area (TPSA) is 6.25 Å². The third-order valence-electron chi connectivity index (χ3n) is 2.01. The SMILES string of the molecule is C=[N+](C)[CH-]C1=CCCC=C1N(C)C. The third-order valence-corrected chi connectivity index (χ3v) is 2.01. The Balaban J connectivity index is 2.75. The molecule has 1 rings (SSSR count). The van der Waals surface area contributed by atoms with Crippen molar-refractivity contribution in [3.05, 3.63) is 30.0 Å². The summed E-state index contributed by atoms with van der Waals surface area (Å²) < 4.78 is 1.84. The second kappa shape index (κ2) is 4.17. The Hall–Kier alpha value is -1.18. The van der Waals surface area contributed by atoms with E-state index in [0.29, 0.717) is 0 Å². The minimum atomic E-state index is 1.14. The van der Waals surface area contributed by atoms with Crippen molar-refractivity contribution >= 4 is 6.72 Å². The lowest BCUT2D eigenvalue weighted by Gasteiger charge is -2.27. The Morgan fingerprint density at radius 3 is 2.54 bits per heavy atom. The molecule has 0 amide bonds. The smallest absolute Gasteiger partial charge is 0.120 e. The molecule has 0 aromatic rings. The van der Waals surface area contributed by atoms with E-state index >= 15 is 0 Å². The van der Waals surface area contributed by atoms with Crippen LogP contribution in [0.3, 0.4) is 0 Å². The van der Waals surface area contributed by atoms with Gasteiger partial charge in [-0.15, -0.1) is 12.2 Å².